The van der Waals surface area contributed by atoms with E-state index in [1.807, 2.05) is 7.05 Å². The molecule has 84 valence electrons. The maximum Gasteiger partial charge on any atom is 0.216 e. The smallest absolute Gasteiger partial charge is 0.216 e. The molecule has 0 aromatic heterocycles. The standard InChI is InChI=1S/C11H24N2O/c1-11(14)13-10-8-6-4-3-5-7-9-12-2/h12H,3-10H2,1-2H3,(H,13,14). The van der Waals surface area contributed by atoms with E-state index in [4.69, 9.17) is 0 Å². The van der Waals surface area contributed by atoms with Crippen molar-refractivity contribution in [1.29, 1.82) is 0 Å². The average Bonchev–Trinajstić information content (AvgIpc) is 2.15. The van der Waals surface area contributed by atoms with Gasteiger partial charge in [-0.15, -0.1) is 0 Å². The van der Waals surface area contributed by atoms with Crippen molar-refractivity contribution in [2.45, 2.75) is 45.4 Å². The van der Waals surface area contributed by atoms with E-state index in [2.05, 4.69) is 10.6 Å². The number of hydrogen-bond acceptors (Lipinski definition) is 2. The van der Waals surface area contributed by atoms with Gasteiger partial charge < -0.3 is 10.6 Å². The lowest BCUT2D eigenvalue weighted by Crippen LogP contribution is -2.20. The van der Waals surface area contributed by atoms with E-state index >= 15 is 0 Å². The van der Waals surface area contributed by atoms with Crippen molar-refractivity contribution in [3.05, 3.63) is 0 Å². The molecule has 0 fully saturated rings. The first-order chi connectivity index (χ1) is 6.77. The number of nitrogens with one attached hydrogen (secondary N) is 2. The highest BCUT2D eigenvalue weighted by Crippen LogP contribution is 2.04. The van der Waals surface area contributed by atoms with Crippen LogP contribution in [0.5, 0.6) is 0 Å². The maximum absolute atomic E-state index is 10.5. The molecule has 0 atom stereocenters. The van der Waals surface area contributed by atoms with E-state index in [0.29, 0.717) is 0 Å². The lowest BCUT2D eigenvalue weighted by Gasteiger charge is -2.02. The van der Waals surface area contributed by atoms with Gasteiger partial charge in [-0.1, -0.05) is 25.7 Å². The molecule has 3 nitrogen and oxygen atoms in total. The first kappa shape index (κ1) is 13.4. The fourth-order valence-corrected chi connectivity index (χ4v) is 1.40. The summed E-state index contributed by atoms with van der Waals surface area (Å²) in [6.07, 6.45) is 7.57. The van der Waals surface area contributed by atoms with Gasteiger partial charge in [-0.05, 0) is 26.4 Å². The molecule has 14 heavy (non-hydrogen) atoms. The summed E-state index contributed by atoms with van der Waals surface area (Å²) in [6, 6.07) is 0. The van der Waals surface area contributed by atoms with Gasteiger partial charge in [-0.25, -0.2) is 0 Å². The van der Waals surface area contributed by atoms with Gasteiger partial charge in [0.2, 0.25) is 5.91 Å². The zero-order valence-corrected chi connectivity index (χ0v) is 9.57. The third kappa shape index (κ3) is 11.4. The molecule has 0 saturated heterocycles. The highest BCUT2D eigenvalue weighted by molar-refractivity contribution is 5.72. The zero-order valence-electron chi connectivity index (χ0n) is 9.57. The van der Waals surface area contributed by atoms with Gasteiger partial charge in [-0.3, -0.25) is 4.79 Å². The maximum atomic E-state index is 10.5. The minimum absolute atomic E-state index is 0.0824. The summed E-state index contributed by atoms with van der Waals surface area (Å²) >= 11 is 0. The molecule has 0 rings (SSSR count). The van der Waals surface area contributed by atoms with E-state index < -0.39 is 0 Å². The van der Waals surface area contributed by atoms with Gasteiger partial charge >= 0.3 is 0 Å². The van der Waals surface area contributed by atoms with Crippen molar-refractivity contribution in [3.8, 4) is 0 Å². The predicted molar refractivity (Wildman–Crippen MR) is 60.3 cm³/mol. The minimum Gasteiger partial charge on any atom is -0.356 e. The van der Waals surface area contributed by atoms with Crippen LogP contribution >= 0.6 is 0 Å². The van der Waals surface area contributed by atoms with E-state index in [-0.39, 0.29) is 5.91 Å². The van der Waals surface area contributed by atoms with Gasteiger partial charge in [-0.2, -0.15) is 0 Å². The molecule has 0 unspecified atom stereocenters. The van der Waals surface area contributed by atoms with Crippen LogP contribution in [0.3, 0.4) is 0 Å². The van der Waals surface area contributed by atoms with Crippen LogP contribution in [0.15, 0.2) is 0 Å². The molecule has 0 aliphatic carbocycles. The normalized spacial score (nSPS) is 10.1. The Hall–Kier alpha value is -0.570. The summed E-state index contributed by atoms with van der Waals surface area (Å²) in [5.74, 6) is 0.0824. The van der Waals surface area contributed by atoms with E-state index in [1.54, 1.807) is 6.92 Å². The Bertz CT molecular complexity index is 137. The number of carbonyl (C=O) groups excluding carboxylic acids is 1. The van der Waals surface area contributed by atoms with Gasteiger partial charge in [0.1, 0.15) is 0 Å². The molecule has 0 radical (unpaired) electrons. The van der Waals surface area contributed by atoms with Crippen molar-refractivity contribution < 1.29 is 4.79 Å². The molecule has 3 heteroatoms. The second-order valence-corrected chi connectivity index (χ2v) is 3.71. The lowest BCUT2D eigenvalue weighted by atomic mass is 10.1. The Kier molecular flexibility index (Phi) is 10.1. The molecular formula is C11H24N2O. The molecule has 0 heterocycles. The first-order valence-electron chi connectivity index (χ1n) is 5.66. The average molecular weight is 200 g/mol. The minimum atomic E-state index is 0.0824. The number of hydrogen-bond donors (Lipinski definition) is 2. The Balaban J connectivity index is 2.88. The summed E-state index contributed by atoms with van der Waals surface area (Å²) in [5.41, 5.74) is 0. The van der Waals surface area contributed by atoms with Crippen molar-refractivity contribution in [2.75, 3.05) is 20.1 Å². The lowest BCUT2D eigenvalue weighted by molar-refractivity contribution is -0.118. The van der Waals surface area contributed by atoms with Crippen LogP contribution in [0.25, 0.3) is 0 Å². The fraction of sp³-hybridized carbons (Fsp3) is 0.909. The predicted octanol–water partition coefficient (Wildman–Crippen LogP) is 1.68. The molecular weight excluding hydrogens is 176 g/mol. The largest absolute Gasteiger partial charge is 0.356 e. The Morgan fingerprint density at radius 2 is 1.43 bits per heavy atom. The zero-order chi connectivity index (χ0) is 10.6. The van der Waals surface area contributed by atoms with Crippen LogP contribution in [0.2, 0.25) is 0 Å². The summed E-state index contributed by atoms with van der Waals surface area (Å²) in [6.45, 7) is 3.54. The molecule has 0 aromatic carbocycles. The van der Waals surface area contributed by atoms with E-state index in [1.165, 1.54) is 32.1 Å². The Morgan fingerprint density at radius 1 is 0.929 bits per heavy atom. The number of carbonyl (C=O) groups is 1. The van der Waals surface area contributed by atoms with Crippen molar-refractivity contribution in [3.63, 3.8) is 0 Å². The molecule has 0 aromatic rings. The number of unbranched alkanes of at least 4 members (excludes halogenated alkanes) is 5. The van der Waals surface area contributed by atoms with Gasteiger partial charge in [0.15, 0.2) is 0 Å². The molecule has 0 bridgehead atoms. The number of amides is 1. The molecule has 2 N–H and O–H groups in total. The second-order valence-electron chi connectivity index (χ2n) is 3.71. The summed E-state index contributed by atoms with van der Waals surface area (Å²) in [4.78, 5) is 10.5. The monoisotopic (exact) mass is 200 g/mol. The van der Waals surface area contributed by atoms with Gasteiger partial charge in [0, 0.05) is 13.5 Å². The van der Waals surface area contributed by atoms with Crippen LogP contribution in [0, 0.1) is 0 Å². The van der Waals surface area contributed by atoms with Crippen LogP contribution < -0.4 is 10.6 Å². The Morgan fingerprint density at radius 3 is 1.93 bits per heavy atom. The van der Waals surface area contributed by atoms with E-state index in [0.717, 1.165) is 19.5 Å². The first-order valence-corrected chi connectivity index (χ1v) is 5.66. The van der Waals surface area contributed by atoms with Gasteiger partial charge in [0.25, 0.3) is 0 Å². The topological polar surface area (TPSA) is 41.1 Å². The van der Waals surface area contributed by atoms with Crippen LogP contribution in [-0.4, -0.2) is 26.0 Å². The summed E-state index contributed by atoms with van der Waals surface area (Å²) in [5, 5.41) is 5.95. The highest BCUT2D eigenvalue weighted by Gasteiger charge is 1.92. The second kappa shape index (κ2) is 10.5. The quantitative estimate of drug-likeness (QED) is 0.556. The van der Waals surface area contributed by atoms with Crippen molar-refractivity contribution in [2.24, 2.45) is 0 Å². The van der Waals surface area contributed by atoms with Gasteiger partial charge in [0.05, 0.1) is 0 Å². The third-order valence-corrected chi connectivity index (χ3v) is 2.23. The van der Waals surface area contributed by atoms with Crippen molar-refractivity contribution >= 4 is 5.91 Å². The van der Waals surface area contributed by atoms with Crippen LogP contribution in [0.1, 0.15) is 45.4 Å². The van der Waals surface area contributed by atoms with Crippen LogP contribution in [-0.2, 0) is 4.79 Å². The fourth-order valence-electron chi connectivity index (χ4n) is 1.40. The Labute approximate surface area is 87.6 Å². The SMILES string of the molecule is CNCCCCCCCCNC(C)=O. The molecule has 0 spiro atoms. The van der Waals surface area contributed by atoms with Crippen LogP contribution in [0.4, 0.5) is 0 Å². The summed E-state index contributed by atoms with van der Waals surface area (Å²) in [7, 11) is 1.99. The molecule has 0 saturated carbocycles. The van der Waals surface area contributed by atoms with E-state index in [9.17, 15) is 4.79 Å². The van der Waals surface area contributed by atoms with Crippen molar-refractivity contribution in [1.82, 2.24) is 10.6 Å². The molecule has 0 aliphatic rings. The molecule has 0 aliphatic heterocycles. The third-order valence-electron chi connectivity index (χ3n) is 2.23. The number of rotatable bonds is 9. The molecule has 1 amide bonds. The highest BCUT2D eigenvalue weighted by atomic mass is 16.1. The summed E-state index contributed by atoms with van der Waals surface area (Å²) < 4.78 is 0.